The zero-order valence-corrected chi connectivity index (χ0v) is 11.0. The number of nitrogens with zero attached hydrogens (tertiary/aromatic N) is 2. The first-order valence-corrected chi connectivity index (χ1v) is 5.82. The molecule has 0 aliphatic heterocycles. The van der Waals surface area contributed by atoms with Crippen LogP contribution in [0.25, 0.3) is 0 Å². The molecule has 0 saturated carbocycles. The molecule has 1 aromatic rings. The lowest BCUT2D eigenvalue weighted by molar-refractivity contribution is 0.0131. The highest BCUT2D eigenvalue weighted by Crippen LogP contribution is 2.28. The molecule has 1 unspecified atom stereocenters. The summed E-state index contributed by atoms with van der Waals surface area (Å²) in [5.41, 5.74) is -0.381. The summed E-state index contributed by atoms with van der Waals surface area (Å²) in [6.45, 7) is 5.38. The largest absolute Gasteiger partial charge is 0.393 e. The van der Waals surface area contributed by atoms with Crippen molar-refractivity contribution in [2.45, 2.75) is 32.3 Å². The van der Waals surface area contributed by atoms with E-state index in [0.717, 1.165) is 5.56 Å². The third-order valence-corrected chi connectivity index (χ3v) is 2.69. The van der Waals surface area contributed by atoms with Gasteiger partial charge < -0.3 is 15.5 Å². The number of aliphatic hydroxyl groups excluding tert-OH is 1. The van der Waals surface area contributed by atoms with E-state index in [2.05, 4.69) is 15.3 Å². The summed E-state index contributed by atoms with van der Waals surface area (Å²) in [5.74, 6) is 0.763. The zero-order chi connectivity index (χ0) is 13.1. The Morgan fingerprint density at radius 3 is 2.65 bits per heavy atom. The van der Waals surface area contributed by atoms with Gasteiger partial charge in [-0.3, -0.25) is 0 Å². The maximum absolute atomic E-state index is 9.69. The van der Waals surface area contributed by atoms with Crippen LogP contribution in [0.4, 0.5) is 5.82 Å². The normalized spacial score (nSPS) is 14.8. The molecule has 0 amide bonds. The number of hydrogen-bond acceptors (Lipinski definition) is 5. The van der Waals surface area contributed by atoms with E-state index >= 15 is 0 Å². The molecule has 1 rings (SSSR count). The van der Waals surface area contributed by atoms with Crippen molar-refractivity contribution >= 4 is 17.4 Å². The molecule has 6 heteroatoms. The third kappa shape index (κ3) is 3.80. The Bertz CT molecular complexity index is 383. The molecule has 0 fully saturated rings. The van der Waals surface area contributed by atoms with Gasteiger partial charge in [0.15, 0.2) is 0 Å². The number of aliphatic hydroxyl groups is 2. The fraction of sp³-hybridized carbons (Fsp3) is 0.636. The number of halogens is 1. The molecule has 3 N–H and O–H groups in total. The van der Waals surface area contributed by atoms with Crippen LogP contribution < -0.4 is 5.32 Å². The van der Waals surface area contributed by atoms with Crippen molar-refractivity contribution in [2.75, 3.05) is 18.5 Å². The minimum Gasteiger partial charge on any atom is -0.393 e. The third-order valence-electron chi connectivity index (χ3n) is 2.39. The fourth-order valence-corrected chi connectivity index (χ4v) is 1.71. The summed E-state index contributed by atoms with van der Waals surface area (Å²) < 4.78 is 0. The van der Waals surface area contributed by atoms with Crippen LogP contribution in [0.15, 0.2) is 6.33 Å². The van der Waals surface area contributed by atoms with E-state index in [1.807, 2.05) is 13.8 Å². The molecule has 0 bridgehead atoms. The number of nitrogens with one attached hydrogen (secondary N) is 1. The molecule has 0 aliphatic rings. The summed E-state index contributed by atoms with van der Waals surface area (Å²) in [4.78, 5) is 8.03. The summed E-state index contributed by atoms with van der Waals surface area (Å²) in [7, 11) is 0. The summed E-state index contributed by atoms with van der Waals surface area (Å²) in [6, 6.07) is 0. The highest BCUT2D eigenvalue weighted by molar-refractivity contribution is 6.30. The molecule has 1 atom stereocenters. The Morgan fingerprint density at radius 1 is 1.47 bits per heavy atom. The van der Waals surface area contributed by atoms with E-state index in [1.165, 1.54) is 13.3 Å². The van der Waals surface area contributed by atoms with E-state index in [-0.39, 0.29) is 19.1 Å². The standard InChI is InChI=1S/C11H18ClN3O2/c1-7(2)8-9(12)14-6-15-10(8)13-4-11(3,17)5-16/h6-7,16-17H,4-5H2,1-3H3,(H,13,14,15). The van der Waals surface area contributed by atoms with Crippen molar-refractivity contribution in [3.05, 3.63) is 17.0 Å². The average molecular weight is 260 g/mol. The molecule has 0 aromatic carbocycles. The van der Waals surface area contributed by atoms with Crippen molar-refractivity contribution in [1.82, 2.24) is 9.97 Å². The van der Waals surface area contributed by atoms with E-state index in [9.17, 15) is 5.11 Å². The lowest BCUT2D eigenvalue weighted by atomic mass is 10.1. The first kappa shape index (κ1) is 14.2. The number of anilines is 1. The number of rotatable bonds is 5. The molecule has 5 nitrogen and oxygen atoms in total. The highest BCUT2D eigenvalue weighted by atomic mass is 35.5. The van der Waals surface area contributed by atoms with Crippen molar-refractivity contribution < 1.29 is 10.2 Å². The van der Waals surface area contributed by atoms with Gasteiger partial charge >= 0.3 is 0 Å². The van der Waals surface area contributed by atoms with Gasteiger partial charge in [-0.15, -0.1) is 0 Å². The molecule has 1 heterocycles. The second-order valence-corrected chi connectivity index (χ2v) is 4.95. The maximum atomic E-state index is 9.69. The van der Waals surface area contributed by atoms with Crippen LogP contribution in [0.5, 0.6) is 0 Å². The molecule has 0 aliphatic carbocycles. The summed E-state index contributed by atoms with van der Waals surface area (Å²) in [6.07, 6.45) is 1.37. The lowest BCUT2D eigenvalue weighted by Crippen LogP contribution is -2.37. The Kier molecular flexibility index (Phi) is 4.68. The Hall–Kier alpha value is -0.910. The van der Waals surface area contributed by atoms with Crippen LogP contribution in [-0.2, 0) is 0 Å². The van der Waals surface area contributed by atoms with Crippen molar-refractivity contribution in [3.63, 3.8) is 0 Å². The average Bonchev–Trinajstić information content (AvgIpc) is 2.26. The lowest BCUT2D eigenvalue weighted by Gasteiger charge is -2.22. The van der Waals surface area contributed by atoms with E-state index in [4.69, 9.17) is 16.7 Å². The topological polar surface area (TPSA) is 78.3 Å². The maximum Gasteiger partial charge on any atom is 0.138 e. The van der Waals surface area contributed by atoms with Crippen LogP contribution in [0.1, 0.15) is 32.3 Å². The quantitative estimate of drug-likeness (QED) is 0.697. The predicted molar refractivity (Wildman–Crippen MR) is 67.3 cm³/mol. The molecule has 0 radical (unpaired) electrons. The molecular weight excluding hydrogens is 242 g/mol. The monoisotopic (exact) mass is 259 g/mol. The van der Waals surface area contributed by atoms with Gasteiger partial charge in [-0.1, -0.05) is 25.4 Å². The highest BCUT2D eigenvalue weighted by Gasteiger charge is 2.20. The Balaban J connectivity index is 2.88. The zero-order valence-electron chi connectivity index (χ0n) is 10.2. The van der Waals surface area contributed by atoms with Gasteiger partial charge in [-0.05, 0) is 12.8 Å². The minimum atomic E-state index is -1.19. The smallest absolute Gasteiger partial charge is 0.138 e. The summed E-state index contributed by atoms with van der Waals surface area (Å²) in [5, 5.41) is 22.0. The van der Waals surface area contributed by atoms with Crippen molar-refractivity contribution in [2.24, 2.45) is 0 Å². The first-order chi connectivity index (χ1) is 7.87. The molecule has 96 valence electrons. The van der Waals surface area contributed by atoms with Gasteiger partial charge in [-0.2, -0.15) is 0 Å². The van der Waals surface area contributed by atoms with Gasteiger partial charge in [-0.25, -0.2) is 9.97 Å². The molecule has 0 saturated heterocycles. The number of aromatic nitrogens is 2. The second kappa shape index (κ2) is 5.62. The van der Waals surface area contributed by atoms with Crippen LogP contribution in [0, 0.1) is 0 Å². The summed E-state index contributed by atoms with van der Waals surface area (Å²) >= 11 is 6.01. The predicted octanol–water partition coefficient (Wildman–Crippen LogP) is 1.41. The van der Waals surface area contributed by atoms with Gasteiger partial charge in [0.1, 0.15) is 22.9 Å². The Morgan fingerprint density at radius 2 is 2.12 bits per heavy atom. The van der Waals surface area contributed by atoms with E-state index < -0.39 is 5.60 Å². The molecule has 1 aromatic heterocycles. The van der Waals surface area contributed by atoms with Gasteiger partial charge in [0, 0.05) is 12.1 Å². The molecule has 0 spiro atoms. The second-order valence-electron chi connectivity index (χ2n) is 4.59. The van der Waals surface area contributed by atoms with Crippen molar-refractivity contribution in [1.29, 1.82) is 0 Å². The molecular formula is C11H18ClN3O2. The van der Waals surface area contributed by atoms with Crippen molar-refractivity contribution in [3.8, 4) is 0 Å². The minimum absolute atomic E-state index is 0.172. The van der Waals surface area contributed by atoms with Gasteiger partial charge in [0.2, 0.25) is 0 Å². The SMILES string of the molecule is CC(C)c1c(Cl)ncnc1NCC(C)(O)CO. The fourth-order valence-electron chi connectivity index (χ4n) is 1.36. The first-order valence-electron chi connectivity index (χ1n) is 5.45. The van der Waals surface area contributed by atoms with Gasteiger partial charge in [0.05, 0.1) is 6.61 Å². The number of hydrogen-bond donors (Lipinski definition) is 3. The van der Waals surface area contributed by atoms with Crippen LogP contribution in [0.3, 0.4) is 0 Å². The Labute approximate surface area is 106 Å². The van der Waals surface area contributed by atoms with Gasteiger partial charge in [0.25, 0.3) is 0 Å². The van der Waals surface area contributed by atoms with E-state index in [1.54, 1.807) is 0 Å². The van der Waals surface area contributed by atoms with Crippen LogP contribution in [0.2, 0.25) is 5.15 Å². The molecule has 17 heavy (non-hydrogen) atoms. The van der Waals surface area contributed by atoms with Crippen LogP contribution >= 0.6 is 11.6 Å². The van der Waals surface area contributed by atoms with Crippen LogP contribution in [-0.4, -0.2) is 38.9 Å². The van der Waals surface area contributed by atoms with E-state index in [0.29, 0.717) is 11.0 Å².